The molecule has 0 aliphatic heterocycles. The van der Waals surface area contributed by atoms with Gasteiger partial charge in [0.2, 0.25) is 0 Å². The molecule has 1 nitrogen and oxygen atoms in total. The van der Waals surface area contributed by atoms with Gasteiger partial charge in [0.1, 0.15) is 10.8 Å². The van der Waals surface area contributed by atoms with Gasteiger partial charge in [-0.25, -0.2) is 8.78 Å². The minimum absolute atomic E-state index is 0.495. The predicted octanol–water partition coefficient (Wildman–Crippen LogP) is 3.21. The van der Waals surface area contributed by atoms with Gasteiger partial charge in [-0.3, -0.25) is 0 Å². The van der Waals surface area contributed by atoms with Crippen molar-refractivity contribution in [1.29, 1.82) is 0 Å². The van der Waals surface area contributed by atoms with Gasteiger partial charge in [-0.15, -0.1) is 0 Å². The maximum Gasteiger partial charge on any atom is 0.418 e. The number of aliphatic hydroxyl groups is 1. The van der Waals surface area contributed by atoms with Gasteiger partial charge >= 0.3 is 6.18 Å². The molecule has 1 unspecified atom stereocenters. The standard InChI is InChI=1S/C8H4ClF5O/c9-5-4(10)2-1-3(6(5)11)7(15)8(12,13)14/h1-2,7,15H. The number of hydrogen-bond donors (Lipinski definition) is 1. The normalized spacial score (nSPS) is 14.1. The zero-order valence-electron chi connectivity index (χ0n) is 6.95. The molecule has 0 saturated carbocycles. The van der Waals surface area contributed by atoms with Crippen LogP contribution in [-0.4, -0.2) is 11.3 Å². The molecule has 0 fully saturated rings. The van der Waals surface area contributed by atoms with Crippen LogP contribution in [0.1, 0.15) is 11.7 Å². The van der Waals surface area contributed by atoms with E-state index in [1.165, 1.54) is 0 Å². The summed E-state index contributed by atoms with van der Waals surface area (Å²) < 4.78 is 61.6. The lowest BCUT2D eigenvalue weighted by molar-refractivity contribution is -0.207. The SMILES string of the molecule is OC(c1ccc(F)c(Cl)c1F)C(F)(F)F. The highest BCUT2D eigenvalue weighted by molar-refractivity contribution is 6.30. The van der Waals surface area contributed by atoms with Gasteiger partial charge in [0.05, 0.1) is 0 Å². The first kappa shape index (κ1) is 12.2. The molecule has 15 heavy (non-hydrogen) atoms. The van der Waals surface area contributed by atoms with Crippen LogP contribution in [0.25, 0.3) is 0 Å². The van der Waals surface area contributed by atoms with E-state index in [0.717, 1.165) is 0 Å². The summed E-state index contributed by atoms with van der Waals surface area (Å²) in [6.07, 6.45) is -8.04. The van der Waals surface area contributed by atoms with E-state index in [4.69, 9.17) is 16.7 Å². The minimum Gasteiger partial charge on any atom is -0.379 e. The Labute approximate surface area is 86.1 Å². The van der Waals surface area contributed by atoms with Crippen molar-refractivity contribution in [3.8, 4) is 0 Å². The molecule has 1 N–H and O–H groups in total. The fourth-order valence-corrected chi connectivity index (χ4v) is 1.10. The molecule has 1 aromatic carbocycles. The summed E-state index contributed by atoms with van der Waals surface area (Å²) in [7, 11) is 0. The van der Waals surface area contributed by atoms with E-state index in [9.17, 15) is 22.0 Å². The molecular weight excluding hydrogens is 243 g/mol. The Hall–Kier alpha value is -0.880. The van der Waals surface area contributed by atoms with Crippen LogP contribution in [-0.2, 0) is 0 Å². The molecule has 7 heteroatoms. The fourth-order valence-electron chi connectivity index (χ4n) is 0.928. The van der Waals surface area contributed by atoms with Gasteiger partial charge in [0, 0.05) is 5.56 Å². The zero-order valence-corrected chi connectivity index (χ0v) is 7.70. The van der Waals surface area contributed by atoms with Crippen molar-refractivity contribution in [2.24, 2.45) is 0 Å². The summed E-state index contributed by atoms with van der Waals surface area (Å²) in [5.74, 6) is -2.80. The molecule has 1 rings (SSSR count). The number of halogens is 6. The highest BCUT2D eigenvalue weighted by atomic mass is 35.5. The van der Waals surface area contributed by atoms with Crippen LogP contribution >= 0.6 is 11.6 Å². The smallest absolute Gasteiger partial charge is 0.379 e. The molecular formula is C8H4ClF5O. The number of hydrogen-bond acceptors (Lipinski definition) is 1. The van der Waals surface area contributed by atoms with Crippen molar-refractivity contribution < 1.29 is 27.1 Å². The van der Waals surface area contributed by atoms with Crippen LogP contribution in [0.2, 0.25) is 5.02 Å². The van der Waals surface area contributed by atoms with Crippen molar-refractivity contribution >= 4 is 11.6 Å². The Morgan fingerprint density at radius 3 is 2.20 bits per heavy atom. The summed E-state index contributed by atoms with van der Waals surface area (Å²) in [5.41, 5.74) is -1.10. The molecule has 1 atom stereocenters. The Morgan fingerprint density at radius 2 is 1.73 bits per heavy atom. The van der Waals surface area contributed by atoms with E-state index in [-0.39, 0.29) is 0 Å². The highest BCUT2D eigenvalue weighted by Gasteiger charge is 2.41. The van der Waals surface area contributed by atoms with E-state index >= 15 is 0 Å². The zero-order chi connectivity index (χ0) is 11.8. The monoisotopic (exact) mass is 246 g/mol. The second-order valence-electron chi connectivity index (χ2n) is 2.71. The summed E-state index contributed by atoms with van der Waals surface area (Å²) in [5, 5.41) is 7.63. The fraction of sp³-hybridized carbons (Fsp3) is 0.250. The summed E-state index contributed by atoms with van der Waals surface area (Å²) >= 11 is 5.05. The summed E-state index contributed by atoms with van der Waals surface area (Å²) in [6.45, 7) is 0. The third kappa shape index (κ3) is 2.38. The second kappa shape index (κ2) is 3.94. The molecule has 0 aliphatic carbocycles. The van der Waals surface area contributed by atoms with Crippen LogP contribution < -0.4 is 0 Å². The first-order valence-electron chi connectivity index (χ1n) is 3.63. The Kier molecular flexibility index (Phi) is 3.20. The van der Waals surface area contributed by atoms with Gasteiger partial charge in [-0.05, 0) is 6.07 Å². The number of aliphatic hydroxyl groups excluding tert-OH is 1. The molecule has 1 aromatic rings. The molecule has 0 saturated heterocycles. The summed E-state index contributed by atoms with van der Waals surface area (Å²) in [4.78, 5) is 0. The van der Waals surface area contributed by atoms with Gasteiger partial charge in [-0.1, -0.05) is 17.7 Å². The third-order valence-electron chi connectivity index (χ3n) is 1.67. The predicted molar refractivity (Wildman–Crippen MR) is 42.4 cm³/mol. The maximum absolute atomic E-state index is 13.0. The van der Waals surface area contributed by atoms with Gasteiger partial charge < -0.3 is 5.11 Å². The Bertz CT molecular complexity index is 376. The van der Waals surface area contributed by atoms with Crippen molar-refractivity contribution in [2.45, 2.75) is 12.3 Å². The molecule has 84 valence electrons. The van der Waals surface area contributed by atoms with E-state index in [1.807, 2.05) is 0 Å². The quantitative estimate of drug-likeness (QED) is 0.596. The molecule has 0 radical (unpaired) electrons. The first-order valence-corrected chi connectivity index (χ1v) is 4.01. The second-order valence-corrected chi connectivity index (χ2v) is 3.09. The third-order valence-corrected chi connectivity index (χ3v) is 2.02. The van der Waals surface area contributed by atoms with Crippen molar-refractivity contribution in [3.05, 3.63) is 34.4 Å². The molecule has 0 spiro atoms. The van der Waals surface area contributed by atoms with Gasteiger partial charge in [0.25, 0.3) is 0 Å². The topological polar surface area (TPSA) is 20.2 Å². The average molecular weight is 247 g/mol. The molecule has 0 amide bonds. The van der Waals surface area contributed by atoms with Gasteiger partial charge in [0.15, 0.2) is 11.9 Å². The van der Waals surface area contributed by atoms with E-state index in [2.05, 4.69) is 0 Å². The number of alkyl halides is 3. The van der Waals surface area contributed by atoms with E-state index in [0.29, 0.717) is 12.1 Å². The van der Waals surface area contributed by atoms with Crippen LogP contribution in [0, 0.1) is 11.6 Å². The van der Waals surface area contributed by atoms with Crippen molar-refractivity contribution in [3.63, 3.8) is 0 Å². The van der Waals surface area contributed by atoms with Crippen LogP contribution in [0.15, 0.2) is 12.1 Å². The lowest BCUT2D eigenvalue weighted by Crippen LogP contribution is -2.21. The number of rotatable bonds is 1. The van der Waals surface area contributed by atoms with Crippen LogP contribution in [0.3, 0.4) is 0 Å². The first-order chi connectivity index (χ1) is 6.75. The highest BCUT2D eigenvalue weighted by Crippen LogP contribution is 2.35. The average Bonchev–Trinajstić information content (AvgIpc) is 2.12. The lowest BCUT2D eigenvalue weighted by atomic mass is 10.1. The van der Waals surface area contributed by atoms with E-state index < -0.39 is 34.5 Å². The Balaban J connectivity index is 3.23. The number of benzene rings is 1. The van der Waals surface area contributed by atoms with Gasteiger partial charge in [-0.2, -0.15) is 13.2 Å². The lowest BCUT2D eigenvalue weighted by Gasteiger charge is -2.15. The molecule has 0 heterocycles. The minimum atomic E-state index is -5.03. The molecule has 0 bridgehead atoms. The van der Waals surface area contributed by atoms with Crippen LogP contribution in [0.4, 0.5) is 22.0 Å². The summed E-state index contributed by atoms with van der Waals surface area (Å²) in [6, 6.07) is 1.05. The van der Waals surface area contributed by atoms with Crippen molar-refractivity contribution in [2.75, 3.05) is 0 Å². The Morgan fingerprint density at radius 1 is 1.20 bits per heavy atom. The van der Waals surface area contributed by atoms with Crippen molar-refractivity contribution in [1.82, 2.24) is 0 Å². The molecule has 0 aliphatic rings. The van der Waals surface area contributed by atoms with E-state index in [1.54, 1.807) is 0 Å². The molecule has 0 aromatic heterocycles. The maximum atomic E-state index is 13.0. The van der Waals surface area contributed by atoms with Crippen LogP contribution in [0.5, 0.6) is 0 Å². The largest absolute Gasteiger partial charge is 0.418 e.